The molecule has 0 unspecified atom stereocenters. The second-order valence-electron chi connectivity index (χ2n) is 3.96. The fourth-order valence-electron chi connectivity index (χ4n) is 1.72. The number of carbonyl (C=O) groups is 1. The Kier molecular flexibility index (Phi) is 3.97. The van der Waals surface area contributed by atoms with Gasteiger partial charge in [0, 0.05) is 12.3 Å². The predicted octanol–water partition coefficient (Wildman–Crippen LogP) is 2.35. The monoisotopic (exact) mass is 297 g/mol. The van der Waals surface area contributed by atoms with Gasteiger partial charge in [-0.25, -0.2) is 13.8 Å². The summed E-state index contributed by atoms with van der Waals surface area (Å²) in [6, 6.07) is 3.61. The molecule has 0 radical (unpaired) electrons. The van der Waals surface area contributed by atoms with Gasteiger partial charge >= 0.3 is 0 Å². The van der Waals surface area contributed by atoms with Crippen LogP contribution in [-0.2, 0) is 0 Å². The average molecular weight is 297 g/mol. The van der Waals surface area contributed by atoms with Crippen molar-refractivity contribution in [3.05, 3.63) is 47.5 Å². The molecule has 0 spiro atoms. The molecule has 0 atom stereocenters. The molecule has 0 saturated carbocycles. The fraction of sp³-hybridized carbons (Fsp3) is 0.0769. The molecular formula is C13H10F3N3O2. The number of carbonyl (C=O) groups excluding carboxylic acids is 1. The van der Waals surface area contributed by atoms with Crippen LogP contribution in [0.25, 0.3) is 0 Å². The van der Waals surface area contributed by atoms with Crippen LogP contribution in [0.3, 0.4) is 0 Å². The van der Waals surface area contributed by atoms with Crippen molar-refractivity contribution in [2.24, 2.45) is 5.73 Å². The Bertz CT molecular complexity index is 707. The Morgan fingerprint density at radius 3 is 2.62 bits per heavy atom. The Morgan fingerprint density at radius 1 is 1.29 bits per heavy atom. The number of hydrogen-bond acceptors (Lipinski definition) is 4. The lowest BCUT2D eigenvalue weighted by Crippen LogP contribution is -2.15. The molecule has 5 nitrogen and oxygen atoms in total. The second kappa shape index (κ2) is 5.70. The van der Waals surface area contributed by atoms with E-state index in [1.165, 1.54) is 18.3 Å². The molecule has 1 aromatic heterocycles. The van der Waals surface area contributed by atoms with Crippen molar-refractivity contribution in [3.63, 3.8) is 0 Å². The van der Waals surface area contributed by atoms with E-state index in [-0.39, 0.29) is 17.1 Å². The Hall–Kier alpha value is -2.77. The van der Waals surface area contributed by atoms with Crippen molar-refractivity contribution < 1.29 is 22.7 Å². The van der Waals surface area contributed by atoms with E-state index in [4.69, 9.17) is 10.5 Å². The van der Waals surface area contributed by atoms with Crippen molar-refractivity contribution >= 4 is 17.3 Å². The van der Waals surface area contributed by atoms with Gasteiger partial charge in [-0.05, 0) is 12.1 Å². The standard InChI is InChI=1S/C13H10F3N3O2/c1-21-12-8(5-6(14)9(15)10(12)16)19-7-3-2-4-18-11(7)13(17)20/h2-5,19H,1H3,(H2,17,20). The van der Waals surface area contributed by atoms with E-state index < -0.39 is 29.1 Å². The summed E-state index contributed by atoms with van der Waals surface area (Å²) in [7, 11) is 1.10. The molecule has 0 aliphatic carbocycles. The molecule has 0 saturated heterocycles. The van der Waals surface area contributed by atoms with E-state index in [1.54, 1.807) is 0 Å². The maximum atomic E-state index is 13.6. The zero-order valence-corrected chi connectivity index (χ0v) is 10.8. The maximum absolute atomic E-state index is 13.6. The van der Waals surface area contributed by atoms with Gasteiger partial charge in [-0.1, -0.05) is 0 Å². The van der Waals surface area contributed by atoms with Gasteiger partial charge in [-0.15, -0.1) is 0 Å². The minimum atomic E-state index is -1.65. The number of aromatic nitrogens is 1. The number of nitrogens with zero attached hydrogens (tertiary/aromatic N) is 1. The summed E-state index contributed by atoms with van der Waals surface area (Å²) in [5.41, 5.74) is 4.91. The highest BCUT2D eigenvalue weighted by molar-refractivity contribution is 5.97. The first-order valence-electron chi connectivity index (χ1n) is 5.69. The number of anilines is 2. The van der Waals surface area contributed by atoms with Gasteiger partial charge in [0.15, 0.2) is 23.1 Å². The van der Waals surface area contributed by atoms with Crippen molar-refractivity contribution in [3.8, 4) is 5.75 Å². The molecule has 0 aliphatic heterocycles. The zero-order chi connectivity index (χ0) is 15.6. The highest BCUT2D eigenvalue weighted by atomic mass is 19.2. The first-order chi connectivity index (χ1) is 9.95. The number of halogens is 3. The number of ether oxygens (including phenoxy) is 1. The molecule has 1 heterocycles. The number of pyridine rings is 1. The summed E-state index contributed by atoms with van der Waals surface area (Å²) in [4.78, 5) is 15.0. The van der Waals surface area contributed by atoms with Crippen LogP contribution in [0.1, 0.15) is 10.5 Å². The van der Waals surface area contributed by atoms with Gasteiger partial charge in [-0.2, -0.15) is 4.39 Å². The highest BCUT2D eigenvalue weighted by Crippen LogP contribution is 2.33. The van der Waals surface area contributed by atoms with E-state index in [0.29, 0.717) is 6.07 Å². The van der Waals surface area contributed by atoms with Gasteiger partial charge in [0.1, 0.15) is 0 Å². The largest absolute Gasteiger partial charge is 0.491 e. The summed E-state index contributed by atoms with van der Waals surface area (Å²) in [6.07, 6.45) is 1.33. The number of benzene rings is 1. The lowest BCUT2D eigenvalue weighted by atomic mass is 10.2. The van der Waals surface area contributed by atoms with Gasteiger partial charge in [0.2, 0.25) is 5.82 Å². The van der Waals surface area contributed by atoms with E-state index in [2.05, 4.69) is 10.3 Å². The first-order valence-corrected chi connectivity index (χ1v) is 5.69. The normalized spacial score (nSPS) is 10.3. The molecule has 3 N–H and O–H groups in total. The molecule has 8 heteroatoms. The lowest BCUT2D eigenvalue weighted by Gasteiger charge is -2.14. The van der Waals surface area contributed by atoms with Gasteiger partial charge in [0.25, 0.3) is 5.91 Å². The van der Waals surface area contributed by atoms with Crippen molar-refractivity contribution in [1.82, 2.24) is 4.98 Å². The van der Waals surface area contributed by atoms with E-state index in [1.807, 2.05) is 0 Å². The third-order valence-corrected chi connectivity index (χ3v) is 2.63. The van der Waals surface area contributed by atoms with Crippen molar-refractivity contribution in [1.29, 1.82) is 0 Å². The highest BCUT2D eigenvalue weighted by Gasteiger charge is 2.20. The van der Waals surface area contributed by atoms with E-state index >= 15 is 0 Å². The number of amides is 1. The minimum Gasteiger partial charge on any atom is -0.491 e. The summed E-state index contributed by atoms with van der Waals surface area (Å²) in [6.45, 7) is 0. The Balaban J connectivity index is 2.52. The maximum Gasteiger partial charge on any atom is 0.269 e. The number of hydrogen-bond donors (Lipinski definition) is 2. The quantitative estimate of drug-likeness (QED) is 0.849. The molecule has 0 aliphatic rings. The summed E-state index contributed by atoms with van der Waals surface area (Å²) in [5.74, 6) is -5.91. The molecule has 2 rings (SSSR count). The number of nitrogens with one attached hydrogen (secondary N) is 1. The SMILES string of the molecule is COc1c(Nc2cccnc2C(N)=O)cc(F)c(F)c1F. The van der Waals surface area contributed by atoms with Crippen LogP contribution in [0.4, 0.5) is 24.5 Å². The molecule has 2 aromatic rings. The van der Waals surface area contributed by atoms with Crippen molar-refractivity contribution in [2.75, 3.05) is 12.4 Å². The molecular weight excluding hydrogens is 287 g/mol. The van der Waals surface area contributed by atoms with Crippen LogP contribution in [0.2, 0.25) is 0 Å². The minimum absolute atomic E-state index is 0.105. The van der Waals surface area contributed by atoms with Gasteiger partial charge < -0.3 is 15.8 Å². The van der Waals surface area contributed by atoms with Crippen LogP contribution >= 0.6 is 0 Å². The zero-order valence-electron chi connectivity index (χ0n) is 10.8. The summed E-state index contributed by atoms with van der Waals surface area (Å²) in [5, 5.41) is 2.55. The van der Waals surface area contributed by atoms with Crippen molar-refractivity contribution in [2.45, 2.75) is 0 Å². The third-order valence-electron chi connectivity index (χ3n) is 2.63. The van der Waals surface area contributed by atoms with Gasteiger partial charge in [0.05, 0.1) is 18.5 Å². The van der Waals surface area contributed by atoms with Crippen LogP contribution in [0.15, 0.2) is 24.4 Å². The van der Waals surface area contributed by atoms with Crippen LogP contribution in [0, 0.1) is 17.5 Å². The topological polar surface area (TPSA) is 77.2 Å². The van der Waals surface area contributed by atoms with Crippen LogP contribution in [0.5, 0.6) is 5.75 Å². The van der Waals surface area contributed by atoms with Crippen LogP contribution in [-0.4, -0.2) is 18.0 Å². The number of methoxy groups -OCH3 is 1. The third kappa shape index (κ3) is 2.73. The molecule has 1 amide bonds. The molecule has 1 aromatic carbocycles. The van der Waals surface area contributed by atoms with Gasteiger partial charge in [-0.3, -0.25) is 4.79 Å². The number of rotatable bonds is 4. The van der Waals surface area contributed by atoms with Crippen LogP contribution < -0.4 is 15.8 Å². The summed E-state index contributed by atoms with van der Waals surface area (Å²) < 4.78 is 44.8. The Morgan fingerprint density at radius 2 is 2.00 bits per heavy atom. The predicted molar refractivity (Wildman–Crippen MR) is 68.9 cm³/mol. The molecule has 21 heavy (non-hydrogen) atoms. The number of primary amides is 1. The fourth-order valence-corrected chi connectivity index (χ4v) is 1.72. The lowest BCUT2D eigenvalue weighted by molar-refractivity contribution is 0.0996. The first kappa shape index (κ1) is 14.6. The average Bonchev–Trinajstić information content (AvgIpc) is 2.45. The molecule has 0 fully saturated rings. The summed E-state index contributed by atoms with van der Waals surface area (Å²) >= 11 is 0. The van der Waals surface area contributed by atoms with E-state index in [0.717, 1.165) is 7.11 Å². The molecule has 0 bridgehead atoms. The smallest absolute Gasteiger partial charge is 0.269 e. The second-order valence-corrected chi connectivity index (χ2v) is 3.96. The molecule has 110 valence electrons. The van der Waals surface area contributed by atoms with E-state index in [9.17, 15) is 18.0 Å². The Labute approximate surface area is 117 Å². The number of nitrogens with two attached hydrogens (primary N) is 1.